The van der Waals surface area contributed by atoms with Crippen LogP contribution in [0.5, 0.6) is 0 Å². The molecular weight excluding hydrogens is 589 g/mol. The zero-order valence-electron chi connectivity index (χ0n) is 27.3. The maximum Gasteiger partial charge on any atom is 0.0701 e. The molecular formula is C49H36. The van der Waals surface area contributed by atoms with Crippen LogP contribution in [0, 0.1) is 0 Å². The first-order valence-corrected chi connectivity index (χ1v) is 16.9. The van der Waals surface area contributed by atoms with Crippen molar-refractivity contribution < 1.29 is 0 Å². The van der Waals surface area contributed by atoms with Crippen molar-refractivity contribution in [1.29, 1.82) is 0 Å². The van der Waals surface area contributed by atoms with E-state index in [0.29, 0.717) is 0 Å². The molecule has 0 atom stereocenters. The van der Waals surface area contributed by atoms with E-state index in [2.05, 4.69) is 218 Å². The monoisotopic (exact) mass is 624 g/mol. The van der Waals surface area contributed by atoms with Gasteiger partial charge in [0.15, 0.2) is 0 Å². The van der Waals surface area contributed by atoms with Gasteiger partial charge in [-0.3, -0.25) is 0 Å². The summed E-state index contributed by atoms with van der Waals surface area (Å²) in [6.07, 6.45) is 0. The lowest BCUT2D eigenvalue weighted by atomic mass is 9.64. The summed E-state index contributed by atoms with van der Waals surface area (Å²) in [5, 5.41) is 0. The van der Waals surface area contributed by atoms with Crippen molar-refractivity contribution >= 4 is 0 Å². The summed E-state index contributed by atoms with van der Waals surface area (Å²) in [6, 6.07) is 79.3. The van der Waals surface area contributed by atoms with E-state index in [1.54, 1.807) is 0 Å². The van der Waals surface area contributed by atoms with Gasteiger partial charge in [0.25, 0.3) is 0 Å². The van der Waals surface area contributed by atoms with E-state index in [9.17, 15) is 0 Å². The molecule has 0 spiro atoms. The second-order valence-corrected chi connectivity index (χ2v) is 12.5. The van der Waals surface area contributed by atoms with E-state index in [1.165, 1.54) is 66.8 Å². The normalized spacial score (nSPS) is 11.3. The Hall–Kier alpha value is -6.24. The number of hydrogen-bond donors (Lipinski definition) is 0. The third kappa shape index (κ3) is 5.90. The maximum atomic E-state index is 2.32. The highest BCUT2D eigenvalue weighted by atomic mass is 14.4. The zero-order chi connectivity index (χ0) is 32.9. The van der Waals surface area contributed by atoms with Gasteiger partial charge < -0.3 is 0 Å². The molecule has 0 fully saturated rings. The summed E-state index contributed by atoms with van der Waals surface area (Å²) in [4.78, 5) is 0. The van der Waals surface area contributed by atoms with Crippen LogP contribution in [-0.2, 0) is 5.41 Å². The SMILES string of the molecule is c1ccc(-c2ccc(C(c3ccc(-c4ccccc4)cc3)(c3ccc(-c4ccccc4)cc3)c3ccc(-c4ccccc4)cc3)cc2)cc1. The Bertz CT molecular complexity index is 1900. The number of benzene rings is 8. The van der Waals surface area contributed by atoms with Crippen molar-refractivity contribution in [1.82, 2.24) is 0 Å². The van der Waals surface area contributed by atoms with Crippen molar-refractivity contribution in [3.05, 3.63) is 241 Å². The fraction of sp³-hybridized carbons (Fsp3) is 0.0204. The lowest BCUT2D eigenvalue weighted by molar-refractivity contribution is 0.745. The molecule has 0 saturated carbocycles. The molecule has 8 aromatic carbocycles. The van der Waals surface area contributed by atoms with Crippen LogP contribution in [0.4, 0.5) is 0 Å². The van der Waals surface area contributed by atoms with Gasteiger partial charge in [-0.05, 0) is 66.8 Å². The van der Waals surface area contributed by atoms with Gasteiger partial charge in [-0.25, -0.2) is 0 Å². The van der Waals surface area contributed by atoms with Gasteiger partial charge in [0.1, 0.15) is 0 Å². The fourth-order valence-electron chi connectivity index (χ4n) is 7.17. The van der Waals surface area contributed by atoms with Crippen LogP contribution >= 0.6 is 0 Å². The topological polar surface area (TPSA) is 0 Å². The third-order valence-corrected chi connectivity index (χ3v) is 9.70. The van der Waals surface area contributed by atoms with Gasteiger partial charge in [-0.2, -0.15) is 0 Å². The van der Waals surface area contributed by atoms with E-state index >= 15 is 0 Å². The Morgan fingerprint density at radius 3 is 0.510 bits per heavy atom. The van der Waals surface area contributed by atoms with Gasteiger partial charge in [-0.1, -0.05) is 218 Å². The summed E-state index contributed by atoms with van der Waals surface area (Å²) in [5.41, 5.74) is 14.0. The molecule has 49 heavy (non-hydrogen) atoms. The minimum Gasteiger partial charge on any atom is -0.0622 e. The first-order valence-electron chi connectivity index (χ1n) is 16.9. The van der Waals surface area contributed by atoms with Crippen molar-refractivity contribution in [3.63, 3.8) is 0 Å². The second-order valence-electron chi connectivity index (χ2n) is 12.5. The highest BCUT2D eigenvalue weighted by Crippen LogP contribution is 2.47. The van der Waals surface area contributed by atoms with E-state index in [4.69, 9.17) is 0 Å². The Kier molecular flexibility index (Phi) is 8.28. The van der Waals surface area contributed by atoms with Crippen LogP contribution in [0.15, 0.2) is 218 Å². The minimum atomic E-state index is -0.575. The Labute approximate surface area is 289 Å². The van der Waals surface area contributed by atoms with Gasteiger partial charge in [0.05, 0.1) is 5.41 Å². The first-order chi connectivity index (χ1) is 24.3. The summed E-state index contributed by atoms with van der Waals surface area (Å²) >= 11 is 0. The first kappa shape index (κ1) is 30.1. The molecule has 0 amide bonds. The molecule has 0 aliphatic heterocycles. The van der Waals surface area contributed by atoms with Gasteiger partial charge >= 0.3 is 0 Å². The van der Waals surface area contributed by atoms with E-state index in [1.807, 2.05) is 0 Å². The largest absolute Gasteiger partial charge is 0.0701 e. The highest BCUT2D eigenvalue weighted by molar-refractivity contribution is 5.72. The highest BCUT2D eigenvalue weighted by Gasteiger charge is 2.38. The molecule has 0 bridgehead atoms. The van der Waals surface area contributed by atoms with Crippen molar-refractivity contribution in [2.45, 2.75) is 5.41 Å². The van der Waals surface area contributed by atoms with Crippen LogP contribution in [-0.4, -0.2) is 0 Å². The lowest BCUT2D eigenvalue weighted by Crippen LogP contribution is -2.31. The predicted octanol–water partition coefficient (Wildman–Crippen LogP) is 12.7. The molecule has 0 radical (unpaired) electrons. The molecule has 0 aliphatic rings. The summed E-state index contributed by atoms with van der Waals surface area (Å²) < 4.78 is 0. The molecule has 0 heterocycles. The molecule has 0 aromatic heterocycles. The molecule has 0 N–H and O–H groups in total. The number of hydrogen-bond acceptors (Lipinski definition) is 0. The van der Waals surface area contributed by atoms with E-state index < -0.39 is 5.41 Å². The van der Waals surface area contributed by atoms with E-state index in [0.717, 1.165) is 0 Å². The Balaban J connectivity index is 1.35. The standard InChI is InChI=1S/C49H36/c1-5-13-37(14-6-1)41-21-29-45(30-22-41)49(46-31-23-42(24-32-46)38-15-7-2-8-16-38,47-33-25-43(26-34-47)39-17-9-3-10-18-39)48-35-27-44(28-36-48)40-19-11-4-12-20-40/h1-36H. The summed E-state index contributed by atoms with van der Waals surface area (Å²) in [6.45, 7) is 0. The van der Waals surface area contributed by atoms with Crippen molar-refractivity contribution in [3.8, 4) is 44.5 Å². The molecule has 0 aliphatic carbocycles. The molecule has 8 rings (SSSR count). The molecule has 8 aromatic rings. The van der Waals surface area contributed by atoms with Crippen molar-refractivity contribution in [2.75, 3.05) is 0 Å². The third-order valence-electron chi connectivity index (χ3n) is 9.70. The fourth-order valence-corrected chi connectivity index (χ4v) is 7.17. The Morgan fingerprint density at radius 1 is 0.163 bits per heavy atom. The molecule has 232 valence electrons. The Morgan fingerprint density at radius 2 is 0.327 bits per heavy atom. The van der Waals surface area contributed by atoms with Crippen LogP contribution < -0.4 is 0 Å². The van der Waals surface area contributed by atoms with Crippen LogP contribution in [0.25, 0.3) is 44.5 Å². The molecule has 0 unspecified atom stereocenters. The molecule has 0 saturated heterocycles. The zero-order valence-corrected chi connectivity index (χ0v) is 27.3. The maximum absolute atomic E-state index is 2.32. The summed E-state index contributed by atoms with van der Waals surface area (Å²) in [5.74, 6) is 0. The van der Waals surface area contributed by atoms with Crippen molar-refractivity contribution in [2.24, 2.45) is 0 Å². The second kappa shape index (κ2) is 13.5. The van der Waals surface area contributed by atoms with Crippen LogP contribution in [0.2, 0.25) is 0 Å². The summed E-state index contributed by atoms with van der Waals surface area (Å²) in [7, 11) is 0. The minimum absolute atomic E-state index is 0.575. The average Bonchev–Trinajstić information content (AvgIpc) is 3.20. The lowest BCUT2D eigenvalue weighted by Gasteiger charge is -2.37. The van der Waals surface area contributed by atoms with Gasteiger partial charge in [-0.15, -0.1) is 0 Å². The van der Waals surface area contributed by atoms with E-state index in [-0.39, 0.29) is 0 Å². The van der Waals surface area contributed by atoms with Crippen LogP contribution in [0.3, 0.4) is 0 Å². The molecule has 0 heteroatoms. The average molecular weight is 625 g/mol. The van der Waals surface area contributed by atoms with Gasteiger partial charge in [0, 0.05) is 0 Å². The quantitative estimate of drug-likeness (QED) is 0.148. The van der Waals surface area contributed by atoms with Gasteiger partial charge in [0.2, 0.25) is 0 Å². The number of rotatable bonds is 8. The van der Waals surface area contributed by atoms with Crippen LogP contribution in [0.1, 0.15) is 22.3 Å². The smallest absolute Gasteiger partial charge is 0.0622 e. The molecule has 0 nitrogen and oxygen atoms in total. The predicted molar refractivity (Wildman–Crippen MR) is 206 cm³/mol.